The summed E-state index contributed by atoms with van der Waals surface area (Å²) in [6.07, 6.45) is 9.51. The Hall–Kier alpha value is -5.06. The second-order valence-corrected chi connectivity index (χ2v) is 18.5. The first-order valence-corrected chi connectivity index (χ1v) is 21.0. The first-order chi connectivity index (χ1) is 27.1. The fourth-order valence-corrected chi connectivity index (χ4v) is 9.46. The van der Waals surface area contributed by atoms with Gasteiger partial charge >= 0.3 is 0 Å². The van der Waals surface area contributed by atoms with Gasteiger partial charge in [0.25, 0.3) is 11.8 Å². The van der Waals surface area contributed by atoms with Gasteiger partial charge < -0.3 is 25.0 Å². The predicted octanol–water partition coefficient (Wildman–Crippen LogP) is 3.54. The number of hydrogen-bond acceptors (Lipinski definition) is 10. The zero-order valence-electron chi connectivity index (χ0n) is 32.8. The maximum absolute atomic E-state index is 15.0. The van der Waals surface area contributed by atoms with Crippen LogP contribution in [0.15, 0.2) is 48.8 Å². The molecule has 2 aromatic heterocycles. The minimum absolute atomic E-state index is 0.0508. The highest BCUT2D eigenvalue weighted by atomic mass is 32.2. The highest BCUT2D eigenvalue weighted by Crippen LogP contribution is 2.48. The van der Waals surface area contributed by atoms with E-state index in [0.29, 0.717) is 48.6 Å². The lowest BCUT2D eigenvalue weighted by Crippen LogP contribution is -2.59. The summed E-state index contributed by atoms with van der Waals surface area (Å²) in [6, 6.07) is 3.38. The van der Waals surface area contributed by atoms with Crippen LogP contribution in [0.3, 0.4) is 0 Å². The average molecular weight is 808 g/mol. The second-order valence-electron chi connectivity index (χ2n) is 16.3. The lowest BCUT2D eigenvalue weighted by molar-refractivity contribution is -0.142. The number of rotatable bonds is 9. The standard InChI is InChI=1S/C40H50FN7O8S/c1-6-24-17-23(2)9-7-8-10-25-20-40(25,38(52)46-57(53,54)39(3)14-15-39)44-35(50)31-19-27(56-36-29-18-26(41)11-12-28(29)32(55-5)21-42-36)22-48(31)37(51)33(24)43-34(49)30-13-16-47(4)45-30/h8,10-13,16,18,21,23-25,27,31,33H,6-7,9,14-15,17,19-20,22H2,1-5H3,(H,43,49)(H,44,50)(H,46,52)/b10-8-/t23-,24-,25?,27-,31+,33+,40?/m1/s1. The topological polar surface area (TPSA) is 191 Å². The fourth-order valence-electron chi connectivity index (χ4n) is 8.15. The maximum atomic E-state index is 15.0. The minimum atomic E-state index is -4.03. The summed E-state index contributed by atoms with van der Waals surface area (Å²) in [6.45, 7) is 5.49. The van der Waals surface area contributed by atoms with Crippen molar-refractivity contribution in [3.05, 3.63) is 60.3 Å². The van der Waals surface area contributed by atoms with E-state index in [1.54, 1.807) is 32.3 Å². The van der Waals surface area contributed by atoms with Crippen LogP contribution in [0.25, 0.3) is 10.8 Å². The summed E-state index contributed by atoms with van der Waals surface area (Å²) in [7, 11) is -0.884. The Morgan fingerprint density at radius 1 is 1.14 bits per heavy atom. The van der Waals surface area contributed by atoms with Crippen LogP contribution in [-0.2, 0) is 31.5 Å². The average Bonchev–Trinajstić information content (AvgIpc) is 3.98. The van der Waals surface area contributed by atoms with Crippen LogP contribution < -0.4 is 24.8 Å². The van der Waals surface area contributed by atoms with Crippen LogP contribution in [-0.4, -0.2) is 93.8 Å². The van der Waals surface area contributed by atoms with Crippen LogP contribution in [0.4, 0.5) is 4.39 Å². The Morgan fingerprint density at radius 3 is 2.60 bits per heavy atom. The molecular formula is C40H50FN7O8S. The Bertz CT molecular complexity index is 2220. The molecule has 57 heavy (non-hydrogen) atoms. The lowest BCUT2D eigenvalue weighted by Gasteiger charge is -2.34. The number of carbonyl (C=O) groups excluding carboxylic acids is 4. The minimum Gasteiger partial charge on any atom is -0.494 e. The molecule has 4 heterocycles. The molecule has 3 N–H and O–H groups in total. The van der Waals surface area contributed by atoms with Gasteiger partial charge in [-0.15, -0.1) is 0 Å². The largest absolute Gasteiger partial charge is 0.494 e. The summed E-state index contributed by atoms with van der Waals surface area (Å²) in [5.74, 6) is -3.34. The molecule has 7 rings (SSSR count). The molecule has 0 bridgehead atoms. The van der Waals surface area contributed by atoms with Gasteiger partial charge in [0.1, 0.15) is 41.0 Å². The van der Waals surface area contributed by atoms with Crippen molar-refractivity contribution < 1.29 is 41.5 Å². The highest BCUT2D eigenvalue weighted by molar-refractivity contribution is 7.91. The number of aromatic nitrogens is 3. The number of carbonyl (C=O) groups is 4. The molecule has 4 aliphatic rings. The van der Waals surface area contributed by atoms with E-state index in [1.165, 1.54) is 35.0 Å². The van der Waals surface area contributed by atoms with E-state index in [-0.39, 0.29) is 42.8 Å². The molecule has 15 nitrogen and oxygen atoms in total. The number of nitrogens with zero attached hydrogens (tertiary/aromatic N) is 4. The molecule has 17 heteroatoms. The predicted molar refractivity (Wildman–Crippen MR) is 207 cm³/mol. The van der Waals surface area contributed by atoms with Crippen molar-refractivity contribution in [3.8, 4) is 11.6 Å². The number of amides is 4. The number of benzene rings is 1. The van der Waals surface area contributed by atoms with Gasteiger partial charge in [-0.3, -0.25) is 28.6 Å². The molecule has 4 amide bonds. The molecule has 2 unspecified atom stereocenters. The Balaban J connectivity index is 1.26. The third kappa shape index (κ3) is 7.94. The highest BCUT2D eigenvalue weighted by Gasteiger charge is 2.63. The zero-order chi connectivity index (χ0) is 40.9. The number of allylic oxidation sites excluding steroid dienone is 1. The van der Waals surface area contributed by atoms with Crippen LogP contribution in [0, 0.1) is 23.6 Å². The van der Waals surface area contributed by atoms with Crippen molar-refractivity contribution >= 4 is 44.4 Å². The van der Waals surface area contributed by atoms with Gasteiger partial charge in [-0.2, -0.15) is 5.10 Å². The smallest absolute Gasteiger partial charge is 0.272 e. The molecule has 0 spiro atoms. The Morgan fingerprint density at radius 2 is 1.91 bits per heavy atom. The van der Waals surface area contributed by atoms with Gasteiger partial charge in [-0.25, -0.2) is 17.8 Å². The number of sulfonamides is 1. The molecular weight excluding hydrogens is 758 g/mol. The summed E-state index contributed by atoms with van der Waals surface area (Å²) in [5.41, 5.74) is -1.45. The normalized spacial score (nSPS) is 29.2. The Labute approximate surface area is 331 Å². The lowest BCUT2D eigenvalue weighted by atomic mass is 9.84. The molecule has 3 aromatic rings. The number of pyridine rings is 1. The zero-order valence-corrected chi connectivity index (χ0v) is 33.6. The number of aryl methyl sites for hydroxylation is 1. The van der Waals surface area contributed by atoms with E-state index >= 15 is 4.79 Å². The van der Waals surface area contributed by atoms with Gasteiger partial charge in [0.15, 0.2) is 0 Å². The molecule has 1 aromatic carbocycles. The van der Waals surface area contributed by atoms with Crippen molar-refractivity contribution in [2.75, 3.05) is 13.7 Å². The Kier molecular flexibility index (Phi) is 10.8. The number of fused-ring (bicyclic) bond motifs is 3. The number of nitrogens with one attached hydrogen (secondary N) is 3. The first-order valence-electron chi connectivity index (χ1n) is 19.5. The molecule has 2 saturated carbocycles. The van der Waals surface area contributed by atoms with Crippen LogP contribution in [0.2, 0.25) is 0 Å². The van der Waals surface area contributed by atoms with Crippen LogP contribution in [0.1, 0.15) is 82.6 Å². The number of hydrogen-bond donors (Lipinski definition) is 3. The van der Waals surface area contributed by atoms with Crippen molar-refractivity contribution in [1.29, 1.82) is 0 Å². The quantitative estimate of drug-likeness (QED) is 0.270. The molecule has 3 fully saturated rings. The number of methoxy groups -OCH3 is 1. The molecule has 0 radical (unpaired) electrons. The summed E-state index contributed by atoms with van der Waals surface area (Å²) in [4.78, 5) is 63.0. The number of halogens is 1. The van der Waals surface area contributed by atoms with Gasteiger partial charge in [0, 0.05) is 31.0 Å². The monoisotopic (exact) mass is 807 g/mol. The second kappa shape index (κ2) is 15.4. The van der Waals surface area contributed by atoms with E-state index in [9.17, 15) is 27.2 Å². The molecule has 2 aliphatic heterocycles. The first kappa shape index (κ1) is 40.1. The molecule has 1 saturated heterocycles. The fraction of sp³-hybridized carbons (Fsp3) is 0.550. The van der Waals surface area contributed by atoms with E-state index < -0.39 is 73.9 Å². The van der Waals surface area contributed by atoms with E-state index in [1.807, 2.05) is 19.1 Å². The van der Waals surface area contributed by atoms with Crippen molar-refractivity contribution in [1.82, 2.24) is 35.0 Å². The van der Waals surface area contributed by atoms with E-state index in [0.717, 1.165) is 6.42 Å². The third-order valence-corrected chi connectivity index (χ3v) is 14.3. The van der Waals surface area contributed by atoms with Gasteiger partial charge in [-0.1, -0.05) is 32.4 Å². The van der Waals surface area contributed by atoms with Crippen molar-refractivity contribution in [2.24, 2.45) is 24.8 Å². The number of ether oxygens (including phenoxy) is 2. The van der Waals surface area contributed by atoms with Gasteiger partial charge in [0.2, 0.25) is 27.7 Å². The van der Waals surface area contributed by atoms with Crippen LogP contribution >= 0.6 is 0 Å². The van der Waals surface area contributed by atoms with E-state index in [2.05, 4.69) is 32.4 Å². The SMILES string of the molecule is CC[C@@H]1C[C@H](C)CC/C=C\C2CC2(C(=O)NS(=O)(=O)C2(C)CC2)NC(=O)[C@@H]2C[C@@H](Oc3ncc(OC)c4ccc(F)cc34)CN2C(=O)[C@H]1NC(=O)c1ccn(C)n1. The van der Waals surface area contributed by atoms with Crippen LogP contribution in [0.5, 0.6) is 11.6 Å². The molecule has 2 aliphatic carbocycles. The summed E-state index contributed by atoms with van der Waals surface area (Å²) >= 11 is 0. The van der Waals surface area contributed by atoms with Gasteiger partial charge in [-0.05, 0) is 81.5 Å². The summed E-state index contributed by atoms with van der Waals surface area (Å²) in [5, 5.41) is 10.9. The molecule has 7 atom stereocenters. The summed E-state index contributed by atoms with van der Waals surface area (Å²) < 4.78 is 55.5. The van der Waals surface area contributed by atoms with Crippen molar-refractivity contribution in [3.63, 3.8) is 0 Å². The van der Waals surface area contributed by atoms with E-state index in [4.69, 9.17) is 9.47 Å². The van der Waals surface area contributed by atoms with Crippen molar-refractivity contribution in [2.45, 2.75) is 101 Å². The molecule has 306 valence electrons. The third-order valence-electron chi connectivity index (χ3n) is 12.1. The van der Waals surface area contributed by atoms with Gasteiger partial charge in [0.05, 0.1) is 30.0 Å². The maximum Gasteiger partial charge on any atom is 0.272 e.